The summed E-state index contributed by atoms with van der Waals surface area (Å²) >= 11 is 3.40. The van der Waals surface area contributed by atoms with Crippen LogP contribution in [0.2, 0.25) is 0 Å². The molecule has 3 N–H and O–H groups in total. The molecule has 0 saturated heterocycles. The van der Waals surface area contributed by atoms with Crippen LogP contribution < -0.4 is 5.73 Å². The molecule has 0 unspecified atom stereocenters. The number of phenols is 1. The summed E-state index contributed by atoms with van der Waals surface area (Å²) in [4.78, 5) is 11.9. The predicted octanol–water partition coefficient (Wildman–Crippen LogP) is 2.77. The number of rotatable bonds is 5. The topological polar surface area (TPSA) is 72.5 Å². The highest BCUT2D eigenvalue weighted by Gasteiger charge is 2.16. The average molecular weight is 350 g/mol. The number of hydrogen-bond donors (Lipinski definition) is 2. The van der Waals surface area contributed by atoms with Crippen molar-refractivity contribution in [1.82, 2.24) is 0 Å². The van der Waals surface area contributed by atoms with Crippen LogP contribution >= 0.6 is 15.9 Å². The Hall–Kier alpha value is -1.85. The molecule has 0 fully saturated rings. The molecule has 110 valence electrons. The van der Waals surface area contributed by atoms with Crippen molar-refractivity contribution in [1.29, 1.82) is 0 Å². The van der Waals surface area contributed by atoms with Crippen LogP contribution in [0.25, 0.3) is 0 Å². The lowest BCUT2D eigenvalue weighted by Gasteiger charge is -2.12. The van der Waals surface area contributed by atoms with E-state index in [1.807, 2.05) is 24.3 Å². The highest BCUT2D eigenvalue weighted by molar-refractivity contribution is 9.10. The zero-order chi connectivity index (χ0) is 15.2. The second-order valence-corrected chi connectivity index (χ2v) is 5.53. The van der Waals surface area contributed by atoms with Crippen molar-refractivity contribution in [3.05, 3.63) is 64.1 Å². The Bertz CT molecular complexity index is 613. The fraction of sp³-hybridized carbons (Fsp3) is 0.188. The Morgan fingerprint density at radius 2 is 1.86 bits per heavy atom. The molecule has 5 heteroatoms. The number of esters is 1. The predicted molar refractivity (Wildman–Crippen MR) is 83.7 cm³/mol. The molecule has 2 aromatic carbocycles. The van der Waals surface area contributed by atoms with Gasteiger partial charge in [0, 0.05) is 10.0 Å². The fourth-order valence-corrected chi connectivity index (χ4v) is 2.24. The number of hydrogen-bond acceptors (Lipinski definition) is 4. The smallest absolute Gasteiger partial charge is 0.323 e. The molecule has 0 bridgehead atoms. The number of aromatic hydroxyl groups is 1. The number of benzene rings is 2. The third-order valence-corrected chi connectivity index (χ3v) is 3.80. The molecule has 0 aromatic heterocycles. The van der Waals surface area contributed by atoms with Gasteiger partial charge in [-0.1, -0.05) is 46.3 Å². The van der Waals surface area contributed by atoms with E-state index in [2.05, 4.69) is 15.9 Å². The van der Waals surface area contributed by atoms with E-state index in [1.54, 1.807) is 24.3 Å². The molecule has 0 radical (unpaired) electrons. The lowest BCUT2D eigenvalue weighted by Crippen LogP contribution is -2.34. The summed E-state index contributed by atoms with van der Waals surface area (Å²) in [6, 6.07) is 13.4. The zero-order valence-corrected chi connectivity index (χ0v) is 12.9. The molecule has 0 aliphatic heterocycles. The largest absolute Gasteiger partial charge is 0.508 e. The van der Waals surface area contributed by atoms with Gasteiger partial charge in [0.1, 0.15) is 18.4 Å². The first kappa shape index (κ1) is 15.5. The first-order valence-electron chi connectivity index (χ1n) is 6.50. The number of nitrogens with two attached hydrogens (primary N) is 1. The van der Waals surface area contributed by atoms with Crippen molar-refractivity contribution in [2.24, 2.45) is 5.73 Å². The van der Waals surface area contributed by atoms with E-state index in [4.69, 9.17) is 10.5 Å². The van der Waals surface area contributed by atoms with Crippen molar-refractivity contribution in [2.75, 3.05) is 0 Å². The number of phenolic OH excluding ortho intramolecular Hbond substituents is 1. The molecular formula is C16H16BrNO3. The molecule has 0 aliphatic rings. The van der Waals surface area contributed by atoms with Crippen molar-refractivity contribution in [3.63, 3.8) is 0 Å². The zero-order valence-electron chi connectivity index (χ0n) is 11.3. The molecule has 0 amide bonds. The van der Waals surface area contributed by atoms with E-state index in [-0.39, 0.29) is 12.4 Å². The van der Waals surface area contributed by atoms with Crippen LogP contribution in [-0.2, 0) is 22.6 Å². The summed E-state index contributed by atoms with van der Waals surface area (Å²) in [7, 11) is 0. The van der Waals surface area contributed by atoms with Gasteiger partial charge in [-0.15, -0.1) is 0 Å². The maximum atomic E-state index is 11.9. The van der Waals surface area contributed by atoms with Crippen LogP contribution in [0.5, 0.6) is 5.75 Å². The molecule has 0 spiro atoms. The number of carbonyl (C=O) groups excluding carboxylic acids is 1. The second kappa shape index (κ2) is 7.24. The quantitative estimate of drug-likeness (QED) is 0.814. The number of carbonyl (C=O) groups is 1. The van der Waals surface area contributed by atoms with Gasteiger partial charge in [0.2, 0.25) is 0 Å². The van der Waals surface area contributed by atoms with Gasteiger partial charge in [0.15, 0.2) is 0 Å². The van der Waals surface area contributed by atoms with Gasteiger partial charge in [-0.3, -0.25) is 4.79 Å². The van der Waals surface area contributed by atoms with E-state index >= 15 is 0 Å². The van der Waals surface area contributed by atoms with E-state index < -0.39 is 12.0 Å². The summed E-state index contributed by atoms with van der Waals surface area (Å²) in [5.41, 5.74) is 7.61. The van der Waals surface area contributed by atoms with E-state index in [0.717, 1.165) is 15.6 Å². The summed E-state index contributed by atoms with van der Waals surface area (Å²) in [6.45, 7) is 0.184. The first-order valence-corrected chi connectivity index (χ1v) is 7.29. The standard InChI is InChI=1S/C16H16BrNO3/c17-14-4-2-1-3-12(14)10-21-16(20)15(18)9-11-5-7-13(19)8-6-11/h1-8,15,19H,9-10,18H2/t15-/m1/s1. The van der Waals surface area contributed by atoms with Gasteiger partial charge in [-0.2, -0.15) is 0 Å². The normalized spacial score (nSPS) is 11.9. The van der Waals surface area contributed by atoms with E-state index in [0.29, 0.717) is 6.42 Å². The molecule has 0 heterocycles. The lowest BCUT2D eigenvalue weighted by atomic mass is 10.1. The Kier molecular flexibility index (Phi) is 5.36. The van der Waals surface area contributed by atoms with Crippen LogP contribution in [-0.4, -0.2) is 17.1 Å². The molecule has 21 heavy (non-hydrogen) atoms. The van der Waals surface area contributed by atoms with E-state index in [1.165, 1.54) is 0 Å². The van der Waals surface area contributed by atoms with Crippen molar-refractivity contribution in [2.45, 2.75) is 19.1 Å². The van der Waals surface area contributed by atoms with Gasteiger partial charge in [-0.05, 0) is 30.2 Å². The lowest BCUT2D eigenvalue weighted by molar-refractivity contribution is -0.146. The molecule has 2 aromatic rings. The minimum Gasteiger partial charge on any atom is -0.508 e. The van der Waals surface area contributed by atoms with Crippen LogP contribution in [0.3, 0.4) is 0 Å². The summed E-state index contributed by atoms with van der Waals surface area (Å²) < 4.78 is 6.12. The number of halogens is 1. The van der Waals surface area contributed by atoms with Crippen LogP contribution in [0, 0.1) is 0 Å². The number of ether oxygens (including phenoxy) is 1. The highest BCUT2D eigenvalue weighted by Crippen LogP contribution is 2.17. The first-order chi connectivity index (χ1) is 10.1. The summed E-state index contributed by atoms with van der Waals surface area (Å²) in [5.74, 6) is -0.261. The molecule has 0 saturated carbocycles. The Morgan fingerprint density at radius 1 is 1.19 bits per heavy atom. The van der Waals surface area contributed by atoms with Gasteiger partial charge >= 0.3 is 5.97 Å². The van der Waals surface area contributed by atoms with Gasteiger partial charge in [0.25, 0.3) is 0 Å². The maximum Gasteiger partial charge on any atom is 0.323 e. The molecule has 0 aliphatic carbocycles. The van der Waals surface area contributed by atoms with Crippen molar-refractivity contribution in [3.8, 4) is 5.75 Å². The second-order valence-electron chi connectivity index (χ2n) is 4.68. The third kappa shape index (κ3) is 4.58. The maximum absolute atomic E-state index is 11.9. The monoisotopic (exact) mass is 349 g/mol. The molecule has 4 nitrogen and oxygen atoms in total. The van der Waals surface area contributed by atoms with Crippen molar-refractivity contribution >= 4 is 21.9 Å². The molecular weight excluding hydrogens is 334 g/mol. The molecule has 1 atom stereocenters. The third-order valence-electron chi connectivity index (χ3n) is 3.02. The Balaban J connectivity index is 1.88. The van der Waals surface area contributed by atoms with Crippen LogP contribution in [0.15, 0.2) is 53.0 Å². The Labute approximate surface area is 131 Å². The van der Waals surface area contributed by atoms with Crippen LogP contribution in [0.1, 0.15) is 11.1 Å². The minimum atomic E-state index is -0.725. The van der Waals surface area contributed by atoms with Gasteiger partial charge in [-0.25, -0.2) is 0 Å². The Morgan fingerprint density at radius 3 is 2.52 bits per heavy atom. The van der Waals surface area contributed by atoms with Crippen molar-refractivity contribution < 1.29 is 14.6 Å². The molecule has 2 rings (SSSR count). The van der Waals surface area contributed by atoms with Gasteiger partial charge < -0.3 is 15.6 Å². The summed E-state index contributed by atoms with van der Waals surface area (Å²) in [5, 5.41) is 9.21. The van der Waals surface area contributed by atoms with Crippen LogP contribution in [0.4, 0.5) is 0 Å². The SMILES string of the molecule is N[C@H](Cc1ccc(O)cc1)C(=O)OCc1ccccc1Br. The summed E-state index contributed by atoms with van der Waals surface area (Å²) in [6.07, 6.45) is 0.370. The highest BCUT2D eigenvalue weighted by atomic mass is 79.9. The minimum absolute atomic E-state index is 0.184. The average Bonchev–Trinajstić information content (AvgIpc) is 2.48. The fourth-order valence-electron chi connectivity index (χ4n) is 1.84. The van der Waals surface area contributed by atoms with E-state index in [9.17, 15) is 9.90 Å². The van der Waals surface area contributed by atoms with Gasteiger partial charge in [0.05, 0.1) is 0 Å².